The molecule has 0 atom stereocenters. The third-order valence-electron chi connectivity index (χ3n) is 1.38. The van der Waals surface area contributed by atoms with Crippen LogP contribution >= 0.6 is 0 Å². The monoisotopic (exact) mass is 149 g/mol. The largest absolute Gasteiger partial charge is 0.356 e. The highest BCUT2D eigenvalue weighted by molar-refractivity contribution is 5.61. The van der Waals surface area contributed by atoms with Gasteiger partial charge in [0.1, 0.15) is 0 Å². The predicted octanol–water partition coefficient (Wildman–Crippen LogP) is 0.0823. The molecule has 0 saturated heterocycles. The van der Waals surface area contributed by atoms with Crippen molar-refractivity contribution in [2.75, 3.05) is 0 Å². The van der Waals surface area contributed by atoms with E-state index in [1.807, 2.05) is 30.3 Å². The van der Waals surface area contributed by atoms with Gasteiger partial charge in [0.25, 0.3) is 0 Å². The summed E-state index contributed by atoms with van der Waals surface area (Å²) in [6.07, 6.45) is 0. The molecule has 0 aliphatic carbocycles. The Morgan fingerprint density at radius 3 is 2.55 bits per heavy atom. The Kier molecular flexibility index (Phi) is 2.81. The van der Waals surface area contributed by atoms with Crippen LogP contribution in [-0.2, 0) is 11.3 Å². The van der Waals surface area contributed by atoms with Gasteiger partial charge < -0.3 is 0 Å². The highest BCUT2D eigenvalue weighted by Gasteiger charge is 2.01. The normalized spacial score (nSPS) is 9.55. The SMILES string of the molecule is CC(=O)[NH+]Cc1ccccc1. The van der Waals surface area contributed by atoms with Crippen LogP contribution in [0.15, 0.2) is 30.3 Å². The van der Waals surface area contributed by atoms with Gasteiger partial charge in [-0.05, 0) is 0 Å². The second-order valence-corrected chi connectivity index (χ2v) is 2.40. The molecule has 1 amide bonds. The number of hydrogen-bond acceptors (Lipinski definition) is 1. The van der Waals surface area contributed by atoms with Crippen LogP contribution < -0.4 is 5.32 Å². The molecule has 0 saturated carbocycles. The zero-order chi connectivity index (χ0) is 8.10. The summed E-state index contributed by atoms with van der Waals surface area (Å²) >= 11 is 0. The Labute approximate surface area is 66.2 Å². The van der Waals surface area contributed by atoms with Crippen LogP contribution in [0.4, 0.5) is 0 Å². The Balaban J connectivity index is 2.45. The fraction of sp³-hybridized carbons (Fsp3) is 0.222. The van der Waals surface area contributed by atoms with Crippen LogP contribution in [0.2, 0.25) is 0 Å². The number of hydrogen-bond donors (Lipinski definition) is 1. The van der Waals surface area contributed by atoms with Crippen LogP contribution in [-0.4, -0.2) is 5.91 Å². The zero-order valence-electron chi connectivity index (χ0n) is 6.50. The average molecular weight is 149 g/mol. The average Bonchev–Trinajstić information content (AvgIpc) is 2.03. The van der Waals surface area contributed by atoms with E-state index in [9.17, 15) is 4.79 Å². The van der Waals surface area contributed by atoms with E-state index >= 15 is 0 Å². The molecular formula is C9H11NO+. The lowest BCUT2D eigenvalue weighted by molar-refractivity contribution is -0.583. The molecule has 0 aliphatic rings. The first kappa shape index (κ1) is 7.95. The number of amides is 1. The minimum absolute atomic E-state index is 0.00820. The quantitative estimate of drug-likeness (QED) is 0.634. The molecule has 1 N–H and O–H groups in total. The first-order chi connectivity index (χ1) is 5.29. The summed E-state index contributed by atoms with van der Waals surface area (Å²) in [6.45, 7) is 2.14. The van der Waals surface area contributed by atoms with Gasteiger partial charge in [-0.2, -0.15) is 0 Å². The van der Waals surface area contributed by atoms with Crippen LogP contribution in [0.3, 0.4) is 0 Å². The smallest absolute Gasteiger partial charge is 0.226 e. The summed E-state index contributed by atoms with van der Waals surface area (Å²) in [7, 11) is 0. The third-order valence-corrected chi connectivity index (χ3v) is 1.38. The first-order valence-corrected chi connectivity index (χ1v) is 3.57. The maximum atomic E-state index is 10.5. The molecule has 0 spiro atoms. The fourth-order valence-corrected chi connectivity index (χ4v) is 0.822. The maximum absolute atomic E-state index is 10.5. The van der Waals surface area contributed by atoms with Crippen molar-refractivity contribution < 1.29 is 10.1 Å². The van der Waals surface area contributed by atoms with Crippen LogP contribution in [0.25, 0.3) is 0 Å². The van der Waals surface area contributed by atoms with Crippen molar-refractivity contribution in [1.29, 1.82) is 0 Å². The second-order valence-electron chi connectivity index (χ2n) is 2.40. The Hall–Kier alpha value is -1.15. The summed E-state index contributed by atoms with van der Waals surface area (Å²) < 4.78 is 0. The molecule has 1 aromatic carbocycles. The first-order valence-electron chi connectivity index (χ1n) is 3.57. The zero-order valence-corrected chi connectivity index (χ0v) is 6.50. The summed E-state index contributed by atoms with van der Waals surface area (Å²) in [5.41, 5.74) is 1.13. The van der Waals surface area contributed by atoms with E-state index in [0.717, 1.165) is 5.56 Å². The van der Waals surface area contributed by atoms with Gasteiger partial charge in [-0.3, -0.25) is 0 Å². The fourth-order valence-electron chi connectivity index (χ4n) is 0.822. The number of nitrogens with one attached hydrogen (secondary N) is 1. The van der Waals surface area contributed by atoms with Crippen molar-refractivity contribution in [2.24, 2.45) is 0 Å². The number of carbonyl (C=O) groups excluding carboxylic acids is 1. The van der Waals surface area contributed by atoms with Gasteiger partial charge in [0.05, 0.1) is 6.92 Å². The molecule has 2 nitrogen and oxygen atoms in total. The van der Waals surface area contributed by atoms with Gasteiger partial charge in [0.15, 0.2) is 6.54 Å². The highest BCUT2D eigenvalue weighted by atomic mass is 16.1. The second kappa shape index (κ2) is 3.88. The van der Waals surface area contributed by atoms with E-state index in [-0.39, 0.29) is 5.91 Å². The molecule has 57 valence electrons. The van der Waals surface area contributed by atoms with Crippen molar-refractivity contribution in [3.63, 3.8) is 0 Å². The van der Waals surface area contributed by atoms with Gasteiger partial charge in [0.2, 0.25) is 0 Å². The maximum Gasteiger partial charge on any atom is 0.356 e. The Morgan fingerprint density at radius 1 is 1.36 bits per heavy atom. The predicted molar refractivity (Wildman–Crippen MR) is 41.8 cm³/mol. The molecule has 0 heterocycles. The van der Waals surface area contributed by atoms with Crippen molar-refractivity contribution in [3.05, 3.63) is 35.9 Å². The minimum Gasteiger partial charge on any atom is -0.226 e. The molecule has 0 aliphatic heterocycles. The standard InChI is InChI=1S/C9H11NO/c1-8(11)10-7-9-5-3-2-4-6-9/h2-6,10H,7H2,1H3/q+1. The number of benzene rings is 1. The molecule has 0 bridgehead atoms. The van der Waals surface area contributed by atoms with Crippen LogP contribution in [0.1, 0.15) is 12.5 Å². The summed E-state index contributed by atoms with van der Waals surface area (Å²) in [5, 5.41) is 2.72. The van der Waals surface area contributed by atoms with E-state index in [1.54, 1.807) is 0 Å². The lowest BCUT2D eigenvalue weighted by atomic mass is 10.2. The van der Waals surface area contributed by atoms with Gasteiger partial charge in [0, 0.05) is 5.56 Å². The van der Waals surface area contributed by atoms with E-state index < -0.39 is 0 Å². The summed E-state index contributed by atoms with van der Waals surface area (Å²) in [6, 6.07) is 9.83. The molecule has 1 aromatic rings. The number of rotatable bonds is 2. The van der Waals surface area contributed by atoms with E-state index in [1.165, 1.54) is 6.92 Å². The van der Waals surface area contributed by atoms with Gasteiger partial charge in [-0.1, -0.05) is 30.3 Å². The van der Waals surface area contributed by atoms with Crippen LogP contribution in [0.5, 0.6) is 0 Å². The van der Waals surface area contributed by atoms with E-state index in [0.29, 0.717) is 6.54 Å². The summed E-state index contributed by atoms with van der Waals surface area (Å²) in [5.74, 6) is 0.00820. The highest BCUT2D eigenvalue weighted by Crippen LogP contribution is 1.93. The van der Waals surface area contributed by atoms with Crippen molar-refractivity contribution in [2.45, 2.75) is 13.5 Å². The molecule has 0 unspecified atom stereocenters. The lowest BCUT2D eigenvalue weighted by Crippen LogP contribution is -2.85. The van der Waals surface area contributed by atoms with Crippen molar-refractivity contribution in [1.82, 2.24) is 0 Å². The van der Waals surface area contributed by atoms with Gasteiger partial charge in [-0.15, -0.1) is 5.32 Å². The Bertz CT molecular complexity index is 231. The van der Waals surface area contributed by atoms with Crippen molar-refractivity contribution >= 4 is 5.91 Å². The topological polar surface area (TPSA) is 32.7 Å². The van der Waals surface area contributed by atoms with Gasteiger partial charge in [-0.25, -0.2) is 4.79 Å². The van der Waals surface area contributed by atoms with Crippen molar-refractivity contribution in [3.8, 4) is 0 Å². The molecule has 0 aromatic heterocycles. The van der Waals surface area contributed by atoms with Crippen LogP contribution in [0, 0.1) is 0 Å². The minimum atomic E-state index is 0.00820. The van der Waals surface area contributed by atoms with E-state index in [2.05, 4.69) is 5.32 Å². The molecule has 0 fully saturated rings. The Morgan fingerprint density at radius 2 is 2.00 bits per heavy atom. The molecule has 2 heteroatoms. The summed E-state index contributed by atoms with van der Waals surface area (Å²) in [4.78, 5) is 10.5. The third kappa shape index (κ3) is 2.96. The molecule has 11 heavy (non-hydrogen) atoms. The molecule has 1 rings (SSSR count). The molecular weight excluding hydrogens is 138 g/mol. The van der Waals surface area contributed by atoms with Gasteiger partial charge >= 0.3 is 5.91 Å². The number of carbonyl (C=O) groups is 1. The van der Waals surface area contributed by atoms with E-state index in [4.69, 9.17) is 0 Å². The lowest BCUT2D eigenvalue weighted by Gasteiger charge is -1.91. The molecule has 1 radical (unpaired) electrons.